The number of thiazole rings is 1. The standard InChI is InChI=1S/C11H10BrN3O2S/c1-7-2-9(12)10(3-11(7)15(16)17)13-4-8-5-18-6-14-8/h2-3,5-6,13H,4H2,1H3. The molecule has 18 heavy (non-hydrogen) atoms. The Morgan fingerprint density at radius 3 is 2.94 bits per heavy atom. The summed E-state index contributed by atoms with van der Waals surface area (Å²) >= 11 is 4.91. The second kappa shape index (κ2) is 5.45. The lowest BCUT2D eigenvalue weighted by Gasteiger charge is -2.08. The molecule has 0 amide bonds. The number of nitro groups is 1. The minimum Gasteiger partial charge on any atom is -0.378 e. The second-order valence-corrected chi connectivity index (χ2v) is 5.28. The first-order valence-electron chi connectivity index (χ1n) is 5.13. The average Bonchev–Trinajstić information content (AvgIpc) is 2.80. The molecule has 0 spiro atoms. The third-order valence-electron chi connectivity index (χ3n) is 2.43. The van der Waals surface area contributed by atoms with Gasteiger partial charge >= 0.3 is 0 Å². The zero-order valence-electron chi connectivity index (χ0n) is 9.51. The van der Waals surface area contributed by atoms with E-state index in [-0.39, 0.29) is 10.6 Å². The lowest BCUT2D eigenvalue weighted by molar-refractivity contribution is -0.385. The Morgan fingerprint density at radius 2 is 2.33 bits per heavy atom. The topological polar surface area (TPSA) is 68.1 Å². The molecule has 1 aromatic carbocycles. The number of halogens is 1. The van der Waals surface area contributed by atoms with Gasteiger partial charge in [-0.2, -0.15) is 0 Å². The molecule has 1 heterocycles. The fourth-order valence-electron chi connectivity index (χ4n) is 1.50. The molecule has 0 saturated carbocycles. The van der Waals surface area contributed by atoms with Crippen LogP contribution in [0.4, 0.5) is 11.4 Å². The molecule has 0 aliphatic rings. The van der Waals surface area contributed by atoms with Gasteiger partial charge in [0.1, 0.15) is 0 Å². The number of anilines is 1. The van der Waals surface area contributed by atoms with Crippen LogP contribution in [-0.2, 0) is 6.54 Å². The molecule has 0 saturated heterocycles. The van der Waals surface area contributed by atoms with Crippen molar-refractivity contribution in [2.75, 3.05) is 5.32 Å². The average molecular weight is 328 g/mol. The molecule has 0 unspecified atom stereocenters. The molecule has 0 atom stereocenters. The monoisotopic (exact) mass is 327 g/mol. The van der Waals surface area contributed by atoms with Crippen molar-refractivity contribution in [3.63, 3.8) is 0 Å². The quantitative estimate of drug-likeness (QED) is 0.686. The predicted octanol–water partition coefficient (Wildman–Crippen LogP) is 3.73. The molecule has 94 valence electrons. The summed E-state index contributed by atoms with van der Waals surface area (Å²) in [5.74, 6) is 0. The van der Waals surface area contributed by atoms with Crippen LogP contribution in [0, 0.1) is 17.0 Å². The van der Waals surface area contributed by atoms with Gasteiger partial charge in [0.25, 0.3) is 5.69 Å². The summed E-state index contributed by atoms with van der Waals surface area (Å²) in [4.78, 5) is 14.6. The van der Waals surface area contributed by atoms with E-state index in [1.165, 1.54) is 17.4 Å². The number of nitrogens with one attached hydrogen (secondary N) is 1. The van der Waals surface area contributed by atoms with Crippen LogP contribution in [0.15, 0.2) is 27.5 Å². The molecular formula is C11H10BrN3O2S. The number of nitrogens with zero attached hydrogens (tertiary/aromatic N) is 2. The van der Waals surface area contributed by atoms with Gasteiger partial charge in [-0.3, -0.25) is 10.1 Å². The van der Waals surface area contributed by atoms with E-state index in [1.807, 2.05) is 5.38 Å². The Labute approximate surface area is 116 Å². The summed E-state index contributed by atoms with van der Waals surface area (Å²) in [6.45, 7) is 2.26. The van der Waals surface area contributed by atoms with Crippen LogP contribution >= 0.6 is 27.3 Å². The number of hydrogen-bond donors (Lipinski definition) is 1. The van der Waals surface area contributed by atoms with E-state index in [9.17, 15) is 10.1 Å². The molecule has 2 aromatic rings. The van der Waals surface area contributed by atoms with Gasteiger partial charge in [0.2, 0.25) is 0 Å². The van der Waals surface area contributed by atoms with E-state index < -0.39 is 0 Å². The van der Waals surface area contributed by atoms with Crippen molar-refractivity contribution >= 4 is 38.6 Å². The van der Waals surface area contributed by atoms with Gasteiger partial charge in [-0.25, -0.2) is 4.98 Å². The van der Waals surface area contributed by atoms with Crippen molar-refractivity contribution in [1.29, 1.82) is 0 Å². The zero-order chi connectivity index (χ0) is 13.1. The van der Waals surface area contributed by atoms with Crippen LogP contribution < -0.4 is 5.32 Å². The zero-order valence-corrected chi connectivity index (χ0v) is 11.9. The molecule has 0 aliphatic heterocycles. The first kappa shape index (κ1) is 13.0. The van der Waals surface area contributed by atoms with E-state index >= 15 is 0 Å². The highest BCUT2D eigenvalue weighted by molar-refractivity contribution is 9.10. The third-order valence-corrected chi connectivity index (χ3v) is 3.72. The van der Waals surface area contributed by atoms with Crippen LogP contribution in [0.25, 0.3) is 0 Å². The number of aryl methyl sites for hydroxylation is 1. The number of hydrogen-bond acceptors (Lipinski definition) is 5. The van der Waals surface area contributed by atoms with Gasteiger partial charge in [-0.1, -0.05) is 0 Å². The van der Waals surface area contributed by atoms with Gasteiger partial charge in [-0.15, -0.1) is 11.3 Å². The lowest BCUT2D eigenvalue weighted by Crippen LogP contribution is -2.02. The highest BCUT2D eigenvalue weighted by atomic mass is 79.9. The van der Waals surface area contributed by atoms with E-state index in [0.29, 0.717) is 17.8 Å². The van der Waals surface area contributed by atoms with Crippen LogP contribution in [0.2, 0.25) is 0 Å². The van der Waals surface area contributed by atoms with Crippen molar-refractivity contribution in [3.8, 4) is 0 Å². The summed E-state index contributed by atoms with van der Waals surface area (Å²) in [6.07, 6.45) is 0. The van der Waals surface area contributed by atoms with Crippen molar-refractivity contribution in [2.24, 2.45) is 0 Å². The normalized spacial score (nSPS) is 10.3. The molecule has 1 N–H and O–H groups in total. The van der Waals surface area contributed by atoms with Gasteiger partial charge in [-0.05, 0) is 28.9 Å². The van der Waals surface area contributed by atoms with E-state index in [4.69, 9.17) is 0 Å². The smallest absolute Gasteiger partial charge is 0.274 e. The van der Waals surface area contributed by atoms with Gasteiger partial charge < -0.3 is 5.32 Å². The second-order valence-electron chi connectivity index (χ2n) is 3.71. The highest BCUT2D eigenvalue weighted by Gasteiger charge is 2.14. The number of nitro benzene ring substituents is 1. The fraction of sp³-hybridized carbons (Fsp3) is 0.182. The maximum absolute atomic E-state index is 10.9. The van der Waals surface area contributed by atoms with Crippen molar-refractivity contribution in [2.45, 2.75) is 13.5 Å². The summed E-state index contributed by atoms with van der Waals surface area (Å²) < 4.78 is 0.806. The first-order chi connectivity index (χ1) is 8.58. The van der Waals surface area contributed by atoms with Gasteiger partial charge in [0.15, 0.2) is 0 Å². The number of benzene rings is 1. The summed E-state index contributed by atoms with van der Waals surface area (Å²) in [5, 5.41) is 15.9. The van der Waals surface area contributed by atoms with Gasteiger partial charge in [0, 0.05) is 21.5 Å². The van der Waals surface area contributed by atoms with Crippen molar-refractivity contribution < 1.29 is 4.92 Å². The molecule has 7 heteroatoms. The molecule has 5 nitrogen and oxygen atoms in total. The highest BCUT2D eigenvalue weighted by Crippen LogP contribution is 2.30. The molecule has 1 aromatic heterocycles. The summed E-state index contributed by atoms with van der Waals surface area (Å²) in [7, 11) is 0. The maximum atomic E-state index is 10.9. The Morgan fingerprint density at radius 1 is 1.56 bits per heavy atom. The lowest BCUT2D eigenvalue weighted by atomic mass is 10.2. The molecule has 0 bridgehead atoms. The Balaban J connectivity index is 2.22. The molecule has 2 rings (SSSR count). The molecule has 0 radical (unpaired) electrons. The molecular weight excluding hydrogens is 318 g/mol. The number of rotatable bonds is 4. The SMILES string of the molecule is Cc1cc(Br)c(NCc2cscn2)cc1[N+](=O)[O-]. The fourth-order valence-corrected chi connectivity index (χ4v) is 2.66. The summed E-state index contributed by atoms with van der Waals surface area (Å²) in [5.41, 5.74) is 4.10. The Hall–Kier alpha value is -1.47. The first-order valence-corrected chi connectivity index (χ1v) is 6.87. The minimum absolute atomic E-state index is 0.110. The molecule has 0 fully saturated rings. The molecule has 0 aliphatic carbocycles. The van der Waals surface area contributed by atoms with E-state index in [0.717, 1.165) is 10.2 Å². The Bertz CT molecular complexity index is 572. The van der Waals surface area contributed by atoms with E-state index in [1.54, 1.807) is 18.5 Å². The van der Waals surface area contributed by atoms with Crippen LogP contribution in [0.1, 0.15) is 11.3 Å². The van der Waals surface area contributed by atoms with Gasteiger partial charge in [0.05, 0.1) is 28.4 Å². The predicted molar refractivity (Wildman–Crippen MR) is 75.0 cm³/mol. The number of aromatic nitrogens is 1. The van der Waals surface area contributed by atoms with Crippen molar-refractivity contribution in [3.05, 3.63) is 48.9 Å². The van der Waals surface area contributed by atoms with Crippen LogP contribution in [0.3, 0.4) is 0 Å². The largest absolute Gasteiger partial charge is 0.378 e. The minimum atomic E-state index is -0.379. The van der Waals surface area contributed by atoms with E-state index in [2.05, 4.69) is 26.2 Å². The van der Waals surface area contributed by atoms with Crippen LogP contribution in [-0.4, -0.2) is 9.91 Å². The Kier molecular flexibility index (Phi) is 3.93. The summed E-state index contributed by atoms with van der Waals surface area (Å²) in [6, 6.07) is 3.27. The third kappa shape index (κ3) is 2.85. The van der Waals surface area contributed by atoms with Crippen molar-refractivity contribution in [1.82, 2.24) is 4.98 Å². The maximum Gasteiger partial charge on any atom is 0.274 e. The van der Waals surface area contributed by atoms with Crippen LogP contribution in [0.5, 0.6) is 0 Å².